The number of urea groups is 1. The van der Waals surface area contributed by atoms with E-state index in [1.165, 1.54) is 0 Å². The molecule has 4 amide bonds. The molecule has 1 atom stereocenters. The first-order valence-electron chi connectivity index (χ1n) is 8.90. The SMILES string of the molecule is NC(=O)[C@H]1CCCN(C(=O)Nc2cc(C(=O)N3CCCC3)ccc2Cl)C1. The lowest BCUT2D eigenvalue weighted by Crippen LogP contribution is -2.45. The zero-order valence-corrected chi connectivity index (χ0v) is 15.3. The lowest BCUT2D eigenvalue weighted by atomic mass is 9.98. The van der Waals surface area contributed by atoms with Crippen molar-refractivity contribution in [2.45, 2.75) is 25.7 Å². The van der Waals surface area contributed by atoms with Crippen molar-refractivity contribution < 1.29 is 14.4 Å². The molecule has 0 unspecified atom stereocenters. The summed E-state index contributed by atoms with van der Waals surface area (Å²) in [6, 6.07) is 4.55. The van der Waals surface area contributed by atoms with Gasteiger partial charge in [0, 0.05) is 31.7 Å². The molecule has 1 aromatic rings. The Morgan fingerprint density at radius 2 is 1.77 bits per heavy atom. The number of halogens is 1. The molecule has 2 aliphatic heterocycles. The zero-order chi connectivity index (χ0) is 18.7. The Bertz CT molecular complexity index is 718. The van der Waals surface area contributed by atoms with Crippen LogP contribution in [0.1, 0.15) is 36.0 Å². The van der Waals surface area contributed by atoms with Crippen LogP contribution in [0.15, 0.2) is 18.2 Å². The highest BCUT2D eigenvalue weighted by Crippen LogP contribution is 2.26. The van der Waals surface area contributed by atoms with Crippen molar-refractivity contribution in [1.82, 2.24) is 9.80 Å². The maximum absolute atomic E-state index is 12.5. The summed E-state index contributed by atoms with van der Waals surface area (Å²) in [7, 11) is 0. The Hall–Kier alpha value is -2.28. The van der Waals surface area contributed by atoms with Crippen LogP contribution in [0.5, 0.6) is 0 Å². The molecule has 140 valence electrons. The van der Waals surface area contributed by atoms with Crippen LogP contribution in [-0.2, 0) is 4.79 Å². The molecular formula is C18H23ClN4O3. The summed E-state index contributed by atoms with van der Waals surface area (Å²) in [5, 5.41) is 3.12. The first-order chi connectivity index (χ1) is 12.5. The van der Waals surface area contributed by atoms with Crippen LogP contribution in [0.25, 0.3) is 0 Å². The van der Waals surface area contributed by atoms with Crippen molar-refractivity contribution in [2.75, 3.05) is 31.5 Å². The number of primary amides is 1. The number of benzene rings is 1. The van der Waals surface area contributed by atoms with Crippen molar-refractivity contribution >= 4 is 35.1 Å². The van der Waals surface area contributed by atoms with Crippen molar-refractivity contribution in [3.63, 3.8) is 0 Å². The normalized spacial score (nSPS) is 20.1. The fraction of sp³-hybridized carbons (Fsp3) is 0.500. The molecule has 0 aliphatic carbocycles. The second-order valence-corrected chi connectivity index (χ2v) is 7.22. The average Bonchev–Trinajstić information content (AvgIpc) is 3.17. The number of hydrogen-bond donors (Lipinski definition) is 2. The number of nitrogens with one attached hydrogen (secondary N) is 1. The maximum atomic E-state index is 12.5. The lowest BCUT2D eigenvalue weighted by Gasteiger charge is -2.31. The largest absolute Gasteiger partial charge is 0.369 e. The number of nitrogens with two attached hydrogens (primary N) is 1. The van der Waals surface area contributed by atoms with Gasteiger partial charge >= 0.3 is 6.03 Å². The molecule has 2 heterocycles. The monoisotopic (exact) mass is 378 g/mol. The molecule has 2 saturated heterocycles. The molecule has 2 aliphatic rings. The molecule has 3 rings (SSSR count). The third kappa shape index (κ3) is 4.09. The first-order valence-corrected chi connectivity index (χ1v) is 9.27. The Kier molecular flexibility index (Phi) is 5.66. The molecular weight excluding hydrogens is 356 g/mol. The van der Waals surface area contributed by atoms with E-state index in [0.717, 1.165) is 32.4 Å². The van der Waals surface area contributed by atoms with Crippen LogP contribution in [0.2, 0.25) is 5.02 Å². The summed E-state index contributed by atoms with van der Waals surface area (Å²) in [6.45, 7) is 2.36. The van der Waals surface area contributed by atoms with Crippen LogP contribution in [-0.4, -0.2) is 53.8 Å². The van der Waals surface area contributed by atoms with E-state index >= 15 is 0 Å². The number of amides is 4. The number of likely N-dealkylation sites (tertiary alicyclic amines) is 2. The molecule has 3 N–H and O–H groups in total. The van der Waals surface area contributed by atoms with E-state index in [9.17, 15) is 14.4 Å². The highest BCUT2D eigenvalue weighted by Gasteiger charge is 2.27. The quantitative estimate of drug-likeness (QED) is 0.844. The molecule has 1 aromatic carbocycles. The van der Waals surface area contributed by atoms with Crippen LogP contribution < -0.4 is 11.1 Å². The molecule has 0 saturated carbocycles. The van der Waals surface area contributed by atoms with Gasteiger partial charge in [-0.15, -0.1) is 0 Å². The third-order valence-electron chi connectivity index (χ3n) is 4.96. The molecule has 0 bridgehead atoms. The van der Waals surface area contributed by atoms with Crippen LogP contribution in [0.4, 0.5) is 10.5 Å². The number of nitrogens with zero attached hydrogens (tertiary/aromatic N) is 2. The molecule has 0 spiro atoms. The minimum absolute atomic E-state index is 0.0542. The van der Waals surface area contributed by atoms with Gasteiger partial charge in [-0.2, -0.15) is 0 Å². The van der Waals surface area contributed by atoms with Gasteiger partial charge in [0.25, 0.3) is 5.91 Å². The number of carbonyl (C=O) groups is 3. The summed E-state index contributed by atoms with van der Waals surface area (Å²) < 4.78 is 0. The van der Waals surface area contributed by atoms with Crippen LogP contribution in [0.3, 0.4) is 0 Å². The Labute approximate surface area is 157 Å². The predicted molar refractivity (Wildman–Crippen MR) is 99.1 cm³/mol. The van der Waals surface area contributed by atoms with Gasteiger partial charge in [-0.25, -0.2) is 4.79 Å². The average molecular weight is 379 g/mol. The second kappa shape index (κ2) is 7.95. The minimum Gasteiger partial charge on any atom is -0.369 e. The second-order valence-electron chi connectivity index (χ2n) is 6.81. The maximum Gasteiger partial charge on any atom is 0.321 e. The highest BCUT2D eigenvalue weighted by atomic mass is 35.5. The smallest absolute Gasteiger partial charge is 0.321 e. The molecule has 26 heavy (non-hydrogen) atoms. The number of piperidine rings is 1. The fourth-order valence-electron chi connectivity index (χ4n) is 3.44. The number of rotatable bonds is 3. The van der Waals surface area contributed by atoms with E-state index in [2.05, 4.69) is 5.32 Å². The number of carbonyl (C=O) groups excluding carboxylic acids is 3. The van der Waals surface area contributed by atoms with Gasteiger partial charge in [0.05, 0.1) is 16.6 Å². The van der Waals surface area contributed by atoms with E-state index in [1.807, 2.05) is 0 Å². The van der Waals surface area contributed by atoms with Crippen LogP contribution >= 0.6 is 11.6 Å². The van der Waals surface area contributed by atoms with E-state index in [0.29, 0.717) is 35.8 Å². The Morgan fingerprint density at radius 1 is 1.08 bits per heavy atom. The summed E-state index contributed by atoms with van der Waals surface area (Å²) in [5.74, 6) is -0.770. The van der Waals surface area contributed by atoms with Gasteiger partial charge in [-0.1, -0.05) is 11.6 Å². The first kappa shape index (κ1) is 18.5. The Morgan fingerprint density at radius 3 is 2.46 bits per heavy atom. The summed E-state index contributed by atoms with van der Waals surface area (Å²) in [4.78, 5) is 39.8. The molecule has 0 aromatic heterocycles. The molecule has 2 fully saturated rings. The molecule has 8 heteroatoms. The van der Waals surface area contributed by atoms with Gasteiger partial charge in [0.2, 0.25) is 5.91 Å². The highest BCUT2D eigenvalue weighted by molar-refractivity contribution is 6.33. The summed E-state index contributed by atoms with van der Waals surface area (Å²) >= 11 is 6.19. The standard InChI is InChI=1S/C18H23ClN4O3/c19-14-6-5-12(17(25)22-7-1-2-8-22)10-15(14)21-18(26)23-9-3-4-13(11-23)16(20)24/h5-6,10,13H,1-4,7-9,11H2,(H2,20,24)(H,21,26)/t13-/m0/s1. The topological polar surface area (TPSA) is 95.7 Å². The molecule has 0 radical (unpaired) electrons. The van der Waals surface area contributed by atoms with E-state index in [4.69, 9.17) is 17.3 Å². The Balaban J connectivity index is 1.70. The van der Waals surface area contributed by atoms with Crippen molar-refractivity contribution in [3.05, 3.63) is 28.8 Å². The minimum atomic E-state index is -0.390. The van der Waals surface area contributed by atoms with Gasteiger partial charge < -0.3 is 20.9 Å². The van der Waals surface area contributed by atoms with Crippen molar-refractivity contribution in [1.29, 1.82) is 0 Å². The summed E-state index contributed by atoms with van der Waals surface area (Å²) in [5.41, 5.74) is 6.25. The van der Waals surface area contributed by atoms with Gasteiger partial charge in [0.15, 0.2) is 0 Å². The van der Waals surface area contributed by atoms with Crippen molar-refractivity contribution in [2.24, 2.45) is 11.7 Å². The van der Waals surface area contributed by atoms with Gasteiger partial charge in [-0.05, 0) is 43.9 Å². The fourth-order valence-corrected chi connectivity index (χ4v) is 3.61. The third-order valence-corrected chi connectivity index (χ3v) is 5.29. The summed E-state index contributed by atoms with van der Waals surface area (Å²) in [6.07, 6.45) is 3.44. The van der Waals surface area contributed by atoms with E-state index in [1.54, 1.807) is 28.0 Å². The number of hydrogen-bond acceptors (Lipinski definition) is 3. The zero-order valence-electron chi connectivity index (χ0n) is 14.5. The predicted octanol–water partition coefficient (Wildman–Crippen LogP) is 2.31. The van der Waals surface area contributed by atoms with E-state index < -0.39 is 5.91 Å². The number of anilines is 1. The lowest BCUT2D eigenvalue weighted by molar-refractivity contribution is -0.123. The molecule has 7 nitrogen and oxygen atoms in total. The van der Waals surface area contributed by atoms with Gasteiger partial charge in [0.1, 0.15) is 0 Å². The van der Waals surface area contributed by atoms with Crippen LogP contribution in [0, 0.1) is 5.92 Å². The van der Waals surface area contributed by atoms with E-state index in [-0.39, 0.29) is 17.9 Å². The van der Waals surface area contributed by atoms with Crippen molar-refractivity contribution in [3.8, 4) is 0 Å². The van der Waals surface area contributed by atoms with Gasteiger partial charge in [-0.3, -0.25) is 9.59 Å².